The summed E-state index contributed by atoms with van der Waals surface area (Å²) in [5.41, 5.74) is 0.118. The van der Waals surface area contributed by atoms with Gasteiger partial charge in [-0.3, -0.25) is 0 Å². The summed E-state index contributed by atoms with van der Waals surface area (Å²) in [4.78, 5) is 0. The molecule has 2 rings (SSSR count). The van der Waals surface area contributed by atoms with Crippen LogP contribution in [0, 0.1) is 5.92 Å². The number of alkyl halides is 1. The molecule has 1 unspecified atom stereocenters. The minimum atomic E-state index is -2.60. The van der Waals surface area contributed by atoms with E-state index in [9.17, 15) is 24.8 Å². The van der Waals surface area contributed by atoms with Crippen LogP contribution in [-0.2, 0) is 4.74 Å². The predicted molar refractivity (Wildman–Crippen MR) is 68.4 cm³/mol. The van der Waals surface area contributed by atoms with Gasteiger partial charge >= 0.3 is 0 Å². The molecule has 0 aliphatic carbocycles. The maximum Gasteiger partial charge on any atom is 0.231 e. The molecule has 112 valence electrons. The van der Waals surface area contributed by atoms with E-state index in [-0.39, 0.29) is 5.56 Å². The molecule has 1 aliphatic rings. The van der Waals surface area contributed by atoms with Gasteiger partial charge in [0.05, 0.1) is 18.8 Å². The molecule has 0 aromatic heterocycles. The van der Waals surface area contributed by atoms with Crippen LogP contribution in [0.1, 0.15) is 18.7 Å². The summed E-state index contributed by atoms with van der Waals surface area (Å²) < 4.78 is 19.7. The molecule has 6 atom stereocenters. The minimum Gasteiger partial charge on any atom is -0.394 e. The Balaban J connectivity index is 2.32. The first kappa shape index (κ1) is 15.3. The first-order chi connectivity index (χ1) is 9.41. The molecule has 0 saturated carbocycles. The van der Waals surface area contributed by atoms with Crippen LogP contribution in [-0.4, -0.2) is 51.1 Å². The third-order valence-electron chi connectivity index (χ3n) is 3.85. The molecular weight excluding hydrogens is 267 g/mol. The SMILES string of the molecule is C[C@H]1[C@H](O)[C@@H](O)[C@](O)(C(F)c2ccccc2)O[C@@H]1CO. The van der Waals surface area contributed by atoms with Crippen LogP contribution in [0.5, 0.6) is 0 Å². The number of aliphatic hydroxyl groups is 4. The van der Waals surface area contributed by atoms with Gasteiger partial charge in [0.2, 0.25) is 5.79 Å². The molecule has 1 aromatic rings. The summed E-state index contributed by atoms with van der Waals surface area (Å²) in [6, 6.07) is 7.74. The van der Waals surface area contributed by atoms with Gasteiger partial charge in [-0.25, -0.2) is 4.39 Å². The Labute approximate surface area is 116 Å². The summed E-state index contributed by atoms with van der Waals surface area (Å²) >= 11 is 0. The first-order valence-electron chi connectivity index (χ1n) is 6.48. The van der Waals surface area contributed by atoms with E-state index in [1.54, 1.807) is 25.1 Å². The van der Waals surface area contributed by atoms with Gasteiger partial charge in [0, 0.05) is 5.92 Å². The largest absolute Gasteiger partial charge is 0.394 e. The maximum atomic E-state index is 14.5. The molecule has 20 heavy (non-hydrogen) atoms. The number of halogens is 1. The lowest BCUT2D eigenvalue weighted by atomic mass is 9.83. The van der Waals surface area contributed by atoms with E-state index in [1.807, 2.05) is 0 Å². The second-order valence-corrected chi connectivity index (χ2v) is 5.16. The lowest BCUT2D eigenvalue weighted by Gasteiger charge is -2.47. The monoisotopic (exact) mass is 286 g/mol. The van der Waals surface area contributed by atoms with E-state index in [4.69, 9.17) is 4.74 Å². The number of benzene rings is 1. The van der Waals surface area contributed by atoms with Gasteiger partial charge in [-0.1, -0.05) is 37.3 Å². The molecule has 1 aromatic carbocycles. The number of hydrogen-bond acceptors (Lipinski definition) is 5. The van der Waals surface area contributed by atoms with Gasteiger partial charge in [0.15, 0.2) is 6.17 Å². The van der Waals surface area contributed by atoms with Gasteiger partial charge in [0.25, 0.3) is 0 Å². The van der Waals surface area contributed by atoms with E-state index < -0.39 is 42.8 Å². The molecule has 0 spiro atoms. The van der Waals surface area contributed by atoms with Crippen molar-refractivity contribution in [3.8, 4) is 0 Å². The average molecular weight is 286 g/mol. The number of rotatable bonds is 3. The van der Waals surface area contributed by atoms with Crippen molar-refractivity contribution in [2.45, 2.75) is 37.2 Å². The molecule has 0 amide bonds. The van der Waals surface area contributed by atoms with E-state index >= 15 is 0 Å². The molecule has 0 radical (unpaired) electrons. The van der Waals surface area contributed by atoms with E-state index in [0.29, 0.717) is 0 Å². The van der Waals surface area contributed by atoms with Gasteiger partial charge in [0.1, 0.15) is 6.10 Å². The van der Waals surface area contributed by atoms with Crippen LogP contribution in [0.4, 0.5) is 4.39 Å². The molecule has 1 aliphatic heterocycles. The zero-order chi connectivity index (χ0) is 14.9. The third kappa shape index (κ3) is 2.45. The molecule has 0 bridgehead atoms. The van der Waals surface area contributed by atoms with Crippen LogP contribution in [0.15, 0.2) is 30.3 Å². The standard InChI is InChI=1S/C14H19FO5/c1-8-10(7-16)20-14(19,13(18)11(8)17)12(15)9-5-3-2-4-6-9/h2-6,8,10-13,16-19H,7H2,1H3/t8-,10-,11+,12?,13-,14+/m1/s1. The molecular formula is C14H19FO5. The van der Waals surface area contributed by atoms with Crippen molar-refractivity contribution >= 4 is 0 Å². The van der Waals surface area contributed by atoms with Crippen molar-refractivity contribution in [3.05, 3.63) is 35.9 Å². The second-order valence-electron chi connectivity index (χ2n) is 5.16. The van der Waals surface area contributed by atoms with Crippen LogP contribution in [0.2, 0.25) is 0 Å². The number of ether oxygens (including phenoxy) is 1. The Morgan fingerprint density at radius 3 is 2.45 bits per heavy atom. The van der Waals surface area contributed by atoms with E-state index in [0.717, 1.165) is 0 Å². The average Bonchev–Trinajstić information content (AvgIpc) is 2.49. The quantitative estimate of drug-likeness (QED) is 0.634. The lowest BCUT2D eigenvalue weighted by Crippen LogP contribution is -2.64. The maximum absolute atomic E-state index is 14.5. The fourth-order valence-corrected chi connectivity index (χ4v) is 2.45. The lowest BCUT2D eigenvalue weighted by molar-refractivity contribution is -0.361. The van der Waals surface area contributed by atoms with Gasteiger partial charge < -0.3 is 25.2 Å². The fourth-order valence-electron chi connectivity index (χ4n) is 2.45. The van der Waals surface area contributed by atoms with Crippen molar-refractivity contribution in [2.24, 2.45) is 5.92 Å². The Hall–Kier alpha value is -1.05. The summed E-state index contributed by atoms with van der Waals surface area (Å²) in [5.74, 6) is -3.22. The topological polar surface area (TPSA) is 90.2 Å². The molecule has 1 fully saturated rings. The summed E-state index contributed by atoms with van der Waals surface area (Å²) in [7, 11) is 0. The van der Waals surface area contributed by atoms with Gasteiger partial charge in [-0.05, 0) is 5.56 Å². The molecule has 1 heterocycles. The normalized spacial score (nSPS) is 39.5. The second kappa shape index (κ2) is 5.75. The van der Waals surface area contributed by atoms with Crippen LogP contribution < -0.4 is 0 Å². The molecule has 4 N–H and O–H groups in total. The highest BCUT2D eigenvalue weighted by Gasteiger charge is 2.56. The molecule has 1 saturated heterocycles. The van der Waals surface area contributed by atoms with Crippen molar-refractivity contribution in [3.63, 3.8) is 0 Å². The van der Waals surface area contributed by atoms with Crippen molar-refractivity contribution < 1.29 is 29.6 Å². The van der Waals surface area contributed by atoms with E-state index in [1.165, 1.54) is 12.1 Å². The fraction of sp³-hybridized carbons (Fsp3) is 0.571. The zero-order valence-corrected chi connectivity index (χ0v) is 11.1. The van der Waals surface area contributed by atoms with Crippen molar-refractivity contribution in [1.29, 1.82) is 0 Å². The van der Waals surface area contributed by atoms with Crippen molar-refractivity contribution in [1.82, 2.24) is 0 Å². The number of hydrogen-bond donors (Lipinski definition) is 4. The Morgan fingerprint density at radius 2 is 1.90 bits per heavy atom. The predicted octanol–water partition coefficient (Wildman–Crippen LogP) is 0.135. The Morgan fingerprint density at radius 1 is 1.30 bits per heavy atom. The molecule has 6 heteroatoms. The highest BCUT2D eigenvalue weighted by Crippen LogP contribution is 2.41. The smallest absolute Gasteiger partial charge is 0.231 e. The minimum absolute atomic E-state index is 0.118. The summed E-state index contributed by atoms with van der Waals surface area (Å²) in [5, 5.41) is 39.4. The van der Waals surface area contributed by atoms with Crippen molar-refractivity contribution in [2.75, 3.05) is 6.61 Å². The Bertz CT molecular complexity index is 440. The van der Waals surface area contributed by atoms with Crippen LogP contribution >= 0.6 is 0 Å². The third-order valence-corrected chi connectivity index (χ3v) is 3.85. The zero-order valence-electron chi connectivity index (χ0n) is 11.1. The molecule has 5 nitrogen and oxygen atoms in total. The van der Waals surface area contributed by atoms with Crippen LogP contribution in [0.3, 0.4) is 0 Å². The highest BCUT2D eigenvalue weighted by atomic mass is 19.1. The summed E-state index contributed by atoms with van der Waals surface area (Å²) in [6.07, 6.45) is -6.21. The van der Waals surface area contributed by atoms with Gasteiger partial charge in [-0.2, -0.15) is 0 Å². The summed E-state index contributed by atoms with van der Waals surface area (Å²) in [6.45, 7) is 1.05. The Kier molecular flexibility index (Phi) is 4.41. The first-order valence-corrected chi connectivity index (χ1v) is 6.48. The van der Waals surface area contributed by atoms with Gasteiger partial charge in [-0.15, -0.1) is 0 Å². The highest BCUT2D eigenvalue weighted by molar-refractivity contribution is 5.21. The number of aliphatic hydroxyl groups excluding tert-OH is 3. The van der Waals surface area contributed by atoms with E-state index in [2.05, 4.69) is 0 Å². The van der Waals surface area contributed by atoms with Crippen LogP contribution in [0.25, 0.3) is 0 Å².